The number of carboxylic acid groups (broad SMARTS) is 1. The summed E-state index contributed by atoms with van der Waals surface area (Å²) in [6, 6.07) is 1.16. The normalized spacial score (nSPS) is 33.8. The van der Waals surface area contributed by atoms with Gasteiger partial charge in [-0.1, -0.05) is 12.1 Å². The van der Waals surface area contributed by atoms with E-state index in [1.54, 1.807) is 12.1 Å². The Morgan fingerprint density at radius 1 is 1.28 bits per heavy atom. The van der Waals surface area contributed by atoms with E-state index < -0.39 is 60.6 Å². The smallest absolute Gasteiger partial charge is 0.328 e. The number of hydrogen-bond donors (Lipinski definition) is 8. The summed E-state index contributed by atoms with van der Waals surface area (Å²) < 4.78 is 5.04. The molecule has 0 saturated carbocycles. The van der Waals surface area contributed by atoms with Crippen LogP contribution in [0.2, 0.25) is 0 Å². The van der Waals surface area contributed by atoms with Gasteiger partial charge in [-0.05, 0) is 24.1 Å². The van der Waals surface area contributed by atoms with E-state index in [1.807, 2.05) is 0 Å². The van der Waals surface area contributed by atoms with Crippen molar-refractivity contribution >= 4 is 11.9 Å². The Kier molecular flexibility index (Phi) is 5.78. The highest BCUT2D eigenvalue weighted by Gasteiger charge is 2.65. The molecule has 1 aromatic carbocycles. The lowest BCUT2D eigenvalue weighted by molar-refractivity contribution is -0.298. The van der Waals surface area contributed by atoms with Gasteiger partial charge in [-0.2, -0.15) is 5.06 Å². The number of phenols is 1. The molecule has 0 spiro atoms. The Labute approximate surface area is 164 Å². The first-order valence-corrected chi connectivity index (χ1v) is 8.80. The van der Waals surface area contributed by atoms with Crippen molar-refractivity contribution in [2.45, 2.75) is 48.6 Å². The van der Waals surface area contributed by atoms with E-state index in [0.717, 1.165) is 0 Å². The number of hydroxylamine groups is 2. The molecule has 2 saturated heterocycles. The van der Waals surface area contributed by atoms with Crippen LogP contribution in [0.25, 0.3) is 0 Å². The lowest BCUT2D eigenvalue weighted by Gasteiger charge is -2.46. The maximum atomic E-state index is 12.4. The number of nitrogens with one attached hydrogen (secondary N) is 1. The molecule has 12 nitrogen and oxygen atoms in total. The monoisotopic (exact) mass is 413 g/mol. The van der Waals surface area contributed by atoms with Gasteiger partial charge in [-0.15, -0.1) is 0 Å². The maximum absolute atomic E-state index is 12.4. The van der Waals surface area contributed by atoms with Gasteiger partial charge in [0.25, 0.3) is 0 Å². The van der Waals surface area contributed by atoms with Crippen LogP contribution in [0.4, 0.5) is 0 Å². The SMILES string of the molecule is N[C@@H](Cc1ccc(O)cc1)C(=O)NC(C(=O)O)[C@@H]1[C@H](O)C2(O)COC(C2O)N1O. The number of ether oxygens (including phenoxy) is 1. The zero-order valence-corrected chi connectivity index (χ0v) is 15.1. The second-order valence-corrected chi connectivity index (χ2v) is 7.25. The molecule has 160 valence electrons. The largest absolute Gasteiger partial charge is 0.508 e. The van der Waals surface area contributed by atoms with Gasteiger partial charge in [-0.3, -0.25) is 4.79 Å². The second-order valence-electron chi connectivity index (χ2n) is 7.25. The highest BCUT2D eigenvalue weighted by Crippen LogP contribution is 2.38. The van der Waals surface area contributed by atoms with E-state index in [0.29, 0.717) is 5.56 Å². The van der Waals surface area contributed by atoms with Crippen molar-refractivity contribution in [1.82, 2.24) is 10.4 Å². The van der Waals surface area contributed by atoms with E-state index in [-0.39, 0.29) is 17.2 Å². The minimum Gasteiger partial charge on any atom is -0.508 e. The standard InChI is InChI=1S/C17H23N3O9/c18-9(5-7-1-3-8(21)4-2-7)14(24)19-10(16(25)26)11-12(22)17(27)6-29-15(13(17)23)20(11)28/h1-4,9-13,15,21-23,27-28H,5-6,18H2,(H,19,24)(H,25,26)/t9-,10?,11+,12-,13?,15?,17?/m0/s1. The van der Waals surface area contributed by atoms with Crippen molar-refractivity contribution in [3.8, 4) is 5.75 Å². The van der Waals surface area contributed by atoms with Gasteiger partial charge in [0.1, 0.15) is 29.6 Å². The average Bonchev–Trinajstić information content (AvgIpc) is 2.93. The summed E-state index contributed by atoms with van der Waals surface area (Å²) in [5.74, 6) is -2.45. The molecule has 0 aliphatic carbocycles. The number of aliphatic carboxylic acids is 1. The fraction of sp³-hybridized carbons (Fsp3) is 0.529. The molecule has 2 heterocycles. The molecule has 2 aliphatic heterocycles. The number of amides is 1. The van der Waals surface area contributed by atoms with E-state index in [9.17, 15) is 40.3 Å². The first-order valence-electron chi connectivity index (χ1n) is 8.80. The zero-order chi connectivity index (χ0) is 21.5. The van der Waals surface area contributed by atoms with Crippen LogP contribution in [0.15, 0.2) is 24.3 Å². The van der Waals surface area contributed by atoms with Crippen LogP contribution in [0.5, 0.6) is 5.75 Å². The summed E-state index contributed by atoms with van der Waals surface area (Å²) in [6.07, 6.45) is -5.07. The molecule has 2 fully saturated rings. The van der Waals surface area contributed by atoms with Crippen LogP contribution in [-0.2, 0) is 20.7 Å². The number of phenolic OH excluding ortho intramolecular Hbond substituents is 1. The number of nitrogens with two attached hydrogens (primary N) is 1. The molecular weight excluding hydrogens is 390 g/mol. The Morgan fingerprint density at radius 2 is 1.90 bits per heavy atom. The van der Waals surface area contributed by atoms with Crippen LogP contribution >= 0.6 is 0 Å². The maximum Gasteiger partial charge on any atom is 0.328 e. The first kappa shape index (κ1) is 21.4. The van der Waals surface area contributed by atoms with Gasteiger partial charge in [0.2, 0.25) is 5.91 Å². The van der Waals surface area contributed by atoms with Gasteiger partial charge < -0.3 is 46.5 Å². The number of benzene rings is 1. The number of carbonyl (C=O) groups excluding carboxylic acids is 1. The number of hydrogen-bond acceptors (Lipinski definition) is 10. The molecule has 1 aromatic rings. The quantitative estimate of drug-likeness (QED) is 0.232. The highest BCUT2D eigenvalue weighted by atomic mass is 16.6. The molecule has 0 radical (unpaired) electrons. The summed E-state index contributed by atoms with van der Waals surface area (Å²) >= 11 is 0. The summed E-state index contributed by atoms with van der Waals surface area (Å²) in [5.41, 5.74) is 4.24. The predicted octanol–water partition coefficient (Wildman–Crippen LogP) is -3.29. The van der Waals surface area contributed by atoms with Crippen molar-refractivity contribution < 1.29 is 45.1 Å². The molecular formula is C17H23N3O9. The average molecular weight is 413 g/mol. The molecule has 9 N–H and O–H groups in total. The van der Waals surface area contributed by atoms with Gasteiger partial charge in [0, 0.05) is 0 Å². The van der Waals surface area contributed by atoms with Crippen molar-refractivity contribution in [2.75, 3.05) is 6.61 Å². The molecule has 2 aliphatic rings. The second kappa shape index (κ2) is 7.84. The van der Waals surface area contributed by atoms with Gasteiger partial charge >= 0.3 is 5.97 Å². The molecule has 3 rings (SSSR count). The van der Waals surface area contributed by atoms with Gasteiger partial charge in [0.15, 0.2) is 6.23 Å². The third-order valence-corrected chi connectivity index (χ3v) is 5.30. The summed E-state index contributed by atoms with van der Waals surface area (Å²) in [4.78, 5) is 24.2. The topological polar surface area (TPSA) is 206 Å². The fourth-order valence-electron chi connectivity index (χ4n) is 3.60. The number of piperidine rings is 1. The van der Waals surface area contributed by atoms with E-state index in [1.165, 1.54) is 12.1 Å². The third kappa shape index (κ3) is 3.79. The Morgan fingerprint density at radius 3 is 2.48 bits per heavy atom. The molecule has 29 heavy (non-hydrogen) atoms. The molecule has 12 heteroatoms. The number of aromatic hydroxyl groups is 1. The highest BCUT2D eigenvalue weighted by molar-refractivity contribution is 5.87. The molecule has 4 unspecified atom stereocenters. The van der Waals surface area contributed by atoms with E-state index >= 15 is 0 Å². The number of aliphatic hydroxyl groups is 3. The molecule has 2 bridgehead atoms. The first-order chi connectivity index (χ1) is 13.6. The number of rotatable bonds is 6. The van der Waals surface area contributed by atoms with Crippen molar-refractivity contribution in [1.29, 1.82) is 0 Å². The summed E-state index contributed by atoms with van der Waals surface area (Å²) in [5, 5.41) is 62.4. The molecule has 0 aromatic heterocycles. The van der Waals surface area contributed by atoms with Crippen molar-refractivity contribution in [3.63, 3.8) is 0 Å². The van der Waals surface area contributed by atoms with Gasteiger partial charge in [0.05, 0.1) is 18.7 Å². The minimum absolute atomic E-state index is 0.0307. The summed E-state index contributed by atoms with van der Waals surface area (Å²) in [6.45, 7) is -0.534. The Hall–Kier alpha value is -2.32. The van der Waals surface area contributed by atoms with Crippen LogP contribution in [0.3, 0.4) is 0 Å². The number of carboxylic acids is 1. The Balaban J connectivity index is 1.75. The fourth-order valence-corrected chi connectivity index (χ4v) is 3.60. The number of fused-ring (bicyclic) bond motifs is 2. The minimum atomic E-state index is -2.21. The number of carbonyl (C=O) groups is 2. The third-order valence-electron chi connectivity index (χ3n) is 5.30. The number of nitrogens with zero attached hydrogens (tertiary/aromatic N) is 1. The van der Waals surface area contributed by atoms with Crippen LogP contribution in [0, 0.1) is 0 Å². The van der Waals surface area contributed by atoms with E-state index in [4.69, 9.17) is 10.5 Å². The number of aliphatic hydroxyl groups excluding tert-OH is 2. The molecule has 7 atom stereocenters. The predicted molar refractivity (Wildman–Crippen MR) is 93.5 cm³/mol. The lowest BCUT2D eigenvalue weighted by atomic mass is 9.81. The summed E-state index contributed by atoms with van der Waals surface area (Å²) in [7, 11) is 0. The van der Waals surface area contributed by atoms with Crippen LogP contribution in [-0.4, -0.2) is 96.4 Å². The van der Waals surface area contributed by atoms with Crippen molar-refractivity contribution in [2.24, 2.45) is 5.73 Å². The van der Waals surface area contributed by atoms with Crippen LogP contribution < -0.4 is 11.1 Å². The zero-order valence-electron chi connectivity index (χ0n) is 15.1. The van der Waals surface area contributed by atoms with Crippen LogP contribution in [0.1, 0.15) is 5.56 Å². The van der Waals surface area contributed by atoms with Gasteiger partial charge in [-0.25, -0.2) is 4.79 Å². The molecule has 1 amide bonds. The lowest BCUT2D eigenvalue weighted by Crippen LogP contribution is -2.74. The van der Waals surface area contributed by atoms with E-state index in [2.05, 4.69) is 5.32 Å². The van der Waals surface area contributed by atoms with Crippen molar-refractivity contribution in [3.05, 3.63) is 29.8 Å². The Bertz CT molecular complexity index is 776.